The minimum Gasteiger partial charge on any atom is -0.465 e. The molecule has 0 bridgehead atoms. The minimum absolute atomic E-state index is 0.205. The van der Waals surface area contributed by atoms with Gasteiger partial charge in [-0.2, -0.15) is 0 Å². The summed E-state index contributed by atoms with van der Waals surface area (Å²) < 4.78 is 4.83. The molecule has 2 aromatic rings. The number of methoxy groups -OCH3 is 1. The second-order valence-electron chi connectivity index (χ2n) is 5.83. The number of carbonyl (C=O) groups is 2. The standard InChI is InChI=1S/C18H20N4O3/c1-19-17(23)14-4-3-9-20-16(14)21-10-12-7-8-13(18(24)25-2)15(22-12)11-5-6-11/h3-4,7-9,11H,5-6,10H2,1-2H3,(H,19,23)(H,20,21). The summed E-state index contributed by atoms with van der Waals surface area (Å²) >= 11 is 0. The predicted molar refractivity (Wildman–Crippen MR) is 92.5 cm³/mol. The van der Waals surface area contributed by atoms with Crippen LogP contribution in [-0.2, 0) is 11.3 Å². The Bertz CT molecular complexity index is 803. The molecule has 2 aromatic heterocycles. The van der Waals surface area contributed by atoms with Gasteiger partial charge in [0, 0.05) is 19.2 Å². The summed E-state index contributed by atoms with van der Waals surface area (Å²) in [6.07, 6.45) is 3.70. The Kier molecular flexibility index (Phi) is 4.92. The van der Waals surface area contributed by atoms with Crippen LogP contribution in [0.4, 0.5) is 5.82 Å². The number of pyridine rings is 2. The van der Waals surface area contributed by atoms with Gasteiger partial charge in [-0.3, -0.25) is 9.78 Å². The third kappa shape index (κ3) is 3.76. The number of ether oxygens (including phenoxy) is 1. The van der Waals surface area contributed by atoms with Gasteiger partial charge in [0.2, 0.25) is 0 Å². The van der Waals surface area contributed by atoms with Gasteiger partial charge in [-0.1, -0.05) is 0 Å². The van der Waals surface area contributed by atoms with Crippen LogP contribution in [0.3, 0.4) is 0 Å². The second-order valence-corrected chi connectivity index (χ2v) is 5.83. The highest BCUT2D eigenvalue weighted by atomic mass is 16.5. The molecule has 1 amide bonds. The molecule has 2 heterocycles. The quantitative estimate of drug-likeness (QED) is 0.783. The fourth-order valence-corrected chi connectivity index (χ4v) is 2.60. The number of esters is 1. The van der Waals surface area contributed by atoms with Crippen molar-refractivity contribution in [1.82, 2.24) is 15.3 Å². The number of rotatable bonds is 6. The van der Waals surface area contributed by atoms with E-state index in [1.807, 2.05) is 0 Å². The van der Waals surface area contributed by atoms with Crippen LogP contribution in [0.15, 0.2) is 30.5 Å². The van der Waals surface area contributed by atoms with E-state index in [-0.39, 0.29) is 11.9 Å². The fraction of sp³-hybridized carbons (Fsp3) is 0.333. The summed E-state index contributed by atoms with van der Waals surface area (Å²) in [6, 6.07) is 6.96. The summed E-state index contributed by atoms with van der Waals surface area (Å²) in [4.78, 5) is 32.6. The average molecular weight is 340 g/mol. The molecule has 7 nitrogen and oxygen atoms in total. The van der Waals surface area contributed by atoms with Crippen molar-refractivity contribution in [2.24, 2.45) is 0 Å². The Morgan fingerprint density at radius 3 is 2.72 bits per heavy atom. The van der Waals surface area contributed by atoms with E-state index in [1.54, 1.807) is 37.5 Å². The first-order chi connectivity index (χ1) is 12.1. The van der Waals surface area contributed by atoms with Gasteiger partial charge in [0.15, 0.2) is 0 Å². The van der Waals surface area contributed by atoms with E-state index in [1.165, 1.54) is 7.11 Å². The van der Waals surface area contributed by atoms with E-state index in [2.05, 4.69) is 20.6 Å². The lowest BCUT2D eigenvalue weighted by Crippen LogP contribution is -2.20. The van der Waals surface area contributed by atoms with Gasteiger partial charge >= 0.3 is 5.97 Å². The fourth-order valence-electron chi connectivity index (χ4n) is 2.60. The topological polar surface area (TPSA) is 93.2 Å². The number of nitrogens with zero attached hydrogens (tertiary/aromatic N) is 2. The molecule has 130 valence electrons. The molecule has 1 aliphatic carbocycles. The van der Waals surface area contributed by atoms with E-state index < -0.39 is 0 Å². The van der Waals surface area contributed by atoms with Crippen LogP contribution in [-0.4, -0.2) is 36.0 Å². The first-order valence-electron chi connectivity index (χ1n) is 8.13. The number of carbonyl (C=O) groups excluding carboxylic acids is 2. The van der Waals surface area contributed by atoms with Crippen molar-refractivity contribution in [2.75, 3.05) is 19.5 Å². The zero-order valence-electron chi connectivity index (χ0n) is 14.2. The first-order valence-corrected chi connectivity index (χ1v) is 8.13. The minimum atomic E-state index is -0.361. The molecule has 0 aliphatic heterocycles. The van der Waals surface area contributed by atoms with Gasteiger partial charge in [-0.25, -0.2) is 9.78 Å². The first kappa shape index (κ1) is 16.9. The molecule has 0 unspecified atom stereocenters. The monoisotopic (exact) mass is 340 g/mol. The largest absolute Gasteiger partial charge is 0.465 e. The molecule has 0 radical (unpaired) electrons. The predicted octanol–water partition coefficient (Wildman–Crippen LogP) is 2.11. The molecule has 25 heavy (non-hydrogen) atoms. The van der Waals surface area contributed by atoms with Crippen molar-refractivity contribution in [1.29, 1.82) is 0 Å². The van der Waals surface area contributed by atoms with Crippen molar-refractivity contribution in [3.8, 4) is 0 Å². The normalized spacial score (nSPS) is 13.2. The number of aromatic nitrogens is 2. The van der Waals surface area contributed by atoms with Crippen molar-refractivity contribution in [2.45, 2.75) is 25.3 Å². The molecular formula is C18H20N4O3. The number of hydrogen-bond donors (Lipinski definition) is 2. The van der Waals surface area contributed by atoms with E-state index >= 15 is 0 Å². The Balaban J connectivity index is 1.79. The maximum absolute atomic E-state index is 11.9. The van der Waals surface area contributed by atoms with Crippen LogP contribution in [0.5, 0.6) is 0 Å². The second kappa shape index (κ2) is 7.29. The van der Waals surface area contributed by atoms with Crippen LogP contribution in [0.25, 0.3) is 0 Å². The van der Waals surface area contributed by atoms with Crippen LogP contribution in [0, 0.1) is 0 Å². The lowest BCUT2D eigenvalue weighted by atomic mass is 10.1. The third-order valence-corrected chi connectivity index (χ3v) is 4.07. The molecule has 3 rings (SSSR count). The van der Waals surface area contributed by atoms with Gasteiger partial charge in [0.1, 0.15) is 5.82 Å². The van der Waals surface area contributed by atoms with E-state index in [4.69, 9.17) is 4.74 Å². The van der Waals surface area contributed by atoms with E-state index in [0.29, 0.717) is 29.4 Å². The zero-order valence-corrected chi connectivity index (χ0v) is 14.2. The third-order valence-electron chi connectivity index (χ3n) is 4.07. The number of hydrogen-bond acceptors (Lipinski definition) is 6. The smallest absolute Gasteiger partial charge is 0.339 e. The lowest BCUT2D eigenvalue weighted by molar-refractivity contribution is 0.0598. The Hall–Kier alpha value is -2.96. The zero-order chi connectivity index (χ0) is 17.8. The van der Waals surface area contributed by atoms with Crippen LogP contribution >= 0.6 is 0 Å². The molecule has 1 aliphatic rings. The lowest BCUT2D eigenvalue weighted by Gasteiger charge is -2.12. The van der Waals surface area contributed by atoms with Crippen LogP contribution in [0.2, 0.25) is 0 Å². The highest BCUT2D eigenvalue weighted by Crippen LogP contribution is 2.40. The highest BCUT2D eigenvalue weighted by Gasteiger charge is 2.30. The Labute approximate surface area is 145 Å². The number of anilines is 1. The van der Waals surface area contributed by atoms with Gasteiger partial charge in [0.25, 0.3) is 5.91 Å². The Morgan fingerprint density at radius 1 is 1.24 bits per heavy atom. The van der Waals surface area contributed by atoms with E-state index in [0.717, 1.165) is 24.2 Å². The van der Waals surface area contributed by atoms with Crippen molar-refractivity contribution in [3.05, 3.63) is 53.0 Å². The van der Waals surface area contributed by atoms with Crippen molar-refractivity contribution in [3.63, 3.8) is 0 Å². The molecular weight excluding hydrogens is 320 g/mol. The van der Waals surface area contributed by atoms with E-state index in [9.17, 15) is 9.59 Å². The Morgan fingerprint density at radius 2 is 2.04 bits per heavy atom. The van der Waals surface area contributed by atoms with Crippen molar-refractivity contribution >= 4 is 17.7 Å². The molecule has 0 atom stereocenters. The molecule has 0 spiro atoms. The average Bonchev–Trinajstić information content (AvgIpc) is 3.50. The number of amides is 1. The molecule has 0 aromatic carbocycles. The molecule has 1 saturated carbocycles. The summed E-state index contributed by atoms with van der Waals surface area (Å²) in [7, 11) is 2.95. The number of nitrogens with one attached hydrogen (secondary N) is 2. The maximum atomic E-state index is 11.9. The van der Waals surface area contributed by atoms with Crippen LogP contribution < -0.4 is 10.6 Å². The molecule has 0 saturated heterocycles. The summed E-state index contributed by atoms with van der Waals surface area (Å²) in [5.74, 6) is 0.253. The summed E-state index contributed by atoms with van der Waals surface area (Å²) in [5, 5.41) is 5.74. The van der Waals surface area contributed by atoms with Gasteiger partial charge < -0.3 is 15.4 Å². The van der Waals surface area contributed by atoms with Crippen LogP contribution in [0.1, 0.15) is 50.9 Å². The molecule has 2 N–H and O–H groups in total. The SMILES string of the molecule is CNC(=O)c1cccnc1NCc1ccc(C(=O)OC)c(C2CC2)n1. The van der Waals surface area contributed by atoms with Gasteiger partial charge in [-0.15, -0.1) is 0 Å². The van der Waals surface area contributed by atoms with Gasteiger partial charge in [0.05, 0.1) is 36.2 Å². The molecule has 1 fully saturated rings. The maximum Gasteiger partial charge on any atom is 0.339 e. The van der Waals surface area contributed by atoms with Gasteiger partial charge in [-0.05, 0) is 37.1 Å². The highest BCUT2D eigenvalue weighted by molar-refractivity contribution is 5.98. The van der Waals surface area contributed by atoms with Crippen molar-refractivity contribution < 1.29 is 14.3 Å². The summed E-state index contributed by atoms with van der Waals surface area (Å²) in [6.45, 7) is 0.405. The summed E-state index contributed by atoms with van der Waals surface area (Å²) in [5.41, 5.74) is 2.57. The molecule has 7 heteroatoms.